The average molecular weight is 308 g/mol. The van der Waals surface area contributed by atoms with Crippen molar-refractivity contribution in [3.05, 3.63) is 32.5 Å². The third-order valence-electron chi connectivity index (χ3n) is 3.13. The van der Waals surface area contributed by atoms with Gasteiger partial charge in [-0.3, -0.25) is 14.3 Å². The van der Waals surface area contributed by atoms with Gasteiger partial charge in [-0.1, -0.05) is 12.1 Å². The third kappa shape index (κ3) is 3.10. The zero-order valence-electron chi connectivity index (χ0n) is 12.0. The Labute approximate surface area is 126 Å². The maximum atomic E-state index is 11.9. The SMILES string of the molecule is CC[C@@H](C)n1c(O)c(C=Nc2cc(C)on2)c(=O)[nH]c1=S. The Balaban J connectivity index is 2.51. The van der Waals surface area contributed by atoms with Crippen molar-refractivity contribution in [3.8, 4) is 5.88 Å². The quantitative estimate of drug-likeness (QED) is 0.668. The fraction of sp³-hybridized carbons (Fsp3) is 0.385. The lowest BCUT2D eigenvalue weighted by Gasteiger charge is -2.16. The molecule has 21 heavy (non-hydrogen) atoms. The molecule has 0 aromatic carbocycles. The molecule has 0 radical (unpaired) electrons. The van der Waals surface area contributed by atoms with Gasteiger partial charge in [-0.05, 0) is 32.5 Å². The summed E-state index contributed by atoms with van der Waals surface area (Å²) in [5.41, 5.74) is -0.467. The van der Waals surface area contributed by atoms with Crippen molar-refractivity contribution in [1.29, 1.82) is 0 Å². The predicted molar refractivity (Wildman–Crippen MR) is 81.0 cm³/mol. The summed E-state index contributed by atoms with van der Waals surface area (Å²) in [6.07, 6.45) is 2.01. The van der Waals surface area contributed by atoms with Gasteiger partial charge in [0.15, 0.2) is 10.6 Å². The molecule has 112 valence electrons. The van der Waals surface area contributed by atoms with Crippen LogP contribution in [-0.4, -0.2) is 26.0 Å². The van der Waals surface area contributed by atoms with Gasteiger partial charge < -0.3 is 9.63 Å². The zero-order chi connectivity index (χ0) is 15.6. The van der Waals surface area contributed by atoms with Gasteiger partial charge in [0.25, 0.3) is 5.56 Å². The van der Waals surface area contributed by atoms with E-state index < -0.39 is 5.56 Å². The Hall–Kier alpha value is -2.22. The molecule has 1 atom stereocenters. The number of hydrogen-bond acceptors (Lipinski definition) is 6. The molecular formula is C13H16N4O3S. The number of H-pyrrole nitrogens is 1. The maximum absolute atomic E-state index is 11.9. The van der Waals surface area contributed by atoms with Crippen molar-refractivity contribution in [3.63, 3.8) is 0 Å². The minimum atomic E-state index is -0.499. The van der Waals surface area contributed by atoms with E-state index in [2.05, 4.69) is 15.1 Å². The van der Waals surface area contributed by atoms with Gasteiger partial charge in [0.1, 0.15) is 11.3 Å². The van der Waals surface area contributed by atoms with E-state index in [4.69, 9.17) is 16.7 Å². The summed E-state index contributed by atoms with van der Waals surface area (Å²) in [6.45, 7) is 5.60. The van der Waals surface area contributed by atoms with Gasteiger partial charge in [-0.2, -0.15) is 0 Å². The molecule has 0 fully saturated rings. The molecular weight excluding hydrogens is 292 g/mol. The number of aromatic nitrogens is 3. The van der Waals surface area contributed by atoms with Crippen LogP contribution in [0.1, 0.15) is 37.6 Å². The van der Waals surface area contributed by atoms with Gasteiger partial charge in [-0.15, -0.1) is 0 Å². The minimum Gasteiger partial charge on any atom is -0.494 e. The monoisotopic (exact) mass is 308 g/mol. The largest absolute Gasteiger partial charge is 0.494 e. The van der Waals surface area contributed by atoms with Crippen molar-refractivity contribution in [2.75, 3.05) is 0 Å². The lowest BCUT2D eigenvalue weighted by Crippen LogP contribution is -2.20. The minimum absolute atomic E-state index is 0.0320. The molecule has 0 bridgehead atoms. The molecule has 0 aliphatic rings. The van der Waals surface area contributed by atoms with Crippen LogP contribution in [0.5, 0.6) is 5.88 Å². The second kappa shape index (κ2) is 6.04. The molecule has 0 aliphatic heterocycles. The summed E-state index contributed by atoms with van der Waals surface area (Å²) in [5.74, 6) is 0.724. The number of aliphatic imine (C=N–C) groups is 1. The lowest BCUT2D eigenvalue weighted by atomic mass is 10.2. The zero-order valence-corrected chi connectivity index (χ0v) is 12.8. The van der Waals surface area contributed by atoms with Gasteiger partial charge in [0.2, 0.25) is 5.88 Å². The molecule has 0 spiro atoms. The molecule has 2 N–H and O–H groups in total. The topological polar surface area (TPSA) is 96.4 Å². The number of nitrogens with zero attached hydrogens (tertiary/aromatic N) is 3. The normalized spacial score (nSPS) is 12.9. The second-order valence-corrected chi connectivity index (χ2v) is 5.06. The van der Waals surface area contributed by atoms with E-state index in [0.29, 0.717) is 11.6 Å². The molecule has 2 aromatic rings. The first kappa shape index (κ1) is 15.2. The van der Waals surface area contributed by atoms with Gasteiger partial charge in [-0.25, -0.2) is 4.99 Å². The van der Waals surface area contributed by atoms with E-state index >= 15 is 0 Å². The van der Waals surface area contributed by atoms with Crippen LogP contribution in [0.25, 0.3) is 0 Å². The fourth-order valence-electron chi connectivity index (χ4n) is 1.80. The van der Waals surface area contributed by atoms with Crippen LogP contribution in [0.3, 0.4) is 0 Å². The smallest absolute Gasteiger partial charge is 0.264 e. The Morgan fingerprint density at radius 2 is 2.38 bits per heavy atom. The first-order chi connectivity index (χ1) is 9.93. The summed E-state index contributed by atoms with van der Waals surface area (Å²) in [6, 6.07) is 1.57. The van der Waals surface area contributed by atoms with E-state index in [0.717, 1.165) is 6.42 Å². The molecule has 7 nitrogen and oxygen atoms in total. The summed E-state index contributed by atoms with van der Waals surface area (Å²) < 4.78 is 6.55. The molecule has 2 heterocycles. The van der Waals surface area contributed by atoms with E-state index in [1.54, 1.807) is 13.0 Å². The first-order valence-electron chi connectivity index (χ1n) is 6.49. The van der Waals surface area contributed by atoms with Crippen molar-refractivity contribution in [2.45, 2.75) is 33.2 Å². The van der Waals surface area contributed by atoms with E-state index in [1.165, 1.54) is 10.8 Å². The standard InChI is InChI=1S/C13H16N4O3S/c1-4-7(2)17-12(19)9(11(18)15-13(17)21)6-14-10-5-8(3)20-16-10/h5-7,19H,4H2,1-3H3,(H,15,18,21)/t7-/m1/s1. The Bertz CT molecular complexity index is 787. The highest BCUT2D eigenvalue weighted by Crippen LogP contribution is 2.20. The van der Waals surface area contributed by atoms with E-state index in [-0.39, 0.29) is 22.3 Å². The summed E-state index contributed by atoms with van der Waals surface area (Å²) in [4.78, 5) is 18.5. The average Bonchev–Trinajstić information content (AvgIpc) is 2.83. The number of aromatic amines is 1. The molecule has 2 rings (SSSR count). The van der Waals surface area contributed by atoms with Crippen LogP contribution < -0.4 is 5.56 Å². The first-order valence-corrected chi connectivity index (χ1v) is 6.90. The fourth-order valence-corrected chi connectivity index (χ4v) is 2.16. The van der Waals surface area contributed by atoms with Crippen LogP contribution in [0.2, 0.25) is 0 Å². The van der Waals surface area contributed by atoms with E-state index in [1.807, 2.05) is 13.8 Å². The number of rotatable bonds is 4. The summed E-state index contributed by atoms with van der Waals surface area (Å²) in [5, 5.41) is 14.0. The van der Waals surface area contributed by atoms with Crippen molar-refractivity contribution in [2.24, 2.45) is 4.99 Å². The van der Waals surface area contributed by atoms with Crippen LogP contribution >= 0.6 is 12.2 Å². The van der Waals surface area contributed by atoms with Crippen molar-refractivity contribution < 1.29 is 9.63 Å². The number of hydrogen-bond donors (Lipinski definition) is 2. The Kier molecular flexibility index (Phi) is 4.37. The van der Waals surface area contributed by atoms with Crippen molar-refractivity contribution >= 4 is 24.3 Å². The third-order valence-corrected chi connectivity index (χ3v) is 3.42. The molecule has 8 heteroatoms. The van der Waals surface area contributed by atoms with Gasteiger partial charge in [0.05, 0.1) is 0 Å². The van der Waals surface area contributed by atoms with Crippen LogP contribution in [0, 0.1) is 11.7 Å². The predicted octanol–water partition coefficient (Wildman–Crippen LogP) is 2.63. The van der Waals surface area contributed by atoms with Crippen LogP contribution in [0.4, 0.5) is 5.82 Å². The van der Waals surface area contributed by atoms with Gasteiger partial charge in [0, 0.05) is 18.3 Å². The maximum Gasteiger partial charge on any atom is 0.264 e. The van der Waals surface area contributed by atoms with Gasteiger partial charge >= 0.3 is 0 Å². The lowest BCUT2D eigenvalue weighted by molar-refractivity contribution is 0.371. The highest BCUT2D eigenvalue weighted by molar-refractivity contribution is 7.71. The summed E-state index contributed by atoms with van der Waals surface area (Å²) in [7, 11) is 0. The van der Waals surface area contributed by atoms with Crippen molar-refractivity contribution in [1.82, 2.24) is 14.7 Å². The Morgan fingerprint density at radius 1 is 1.67 bits per heavy atom. The number of nitrogens with one attached hydrogen (secondary N) is 1. The molecule has 0 unspecified atom stereocenters. The highest BCUT2D eigenvalue weighted by Gasteiger charge is 2.14. The molecule has 0 amide bonds. The van der Waals surface area contributed by atoms with Crippen LogP contribution in [0.15, 0.2) is 20.4 Å². The molecule has 0 saturated carbocycles. The summed E-state index contributed by atoms with van der Waals surface area (Å²) >= 11 is 5.09. The number of aromatic hydroxyl groups is 1. The Morgan fingerprint density at radius 3 is 2.95 bits per heavy atom. The molecule has 0 saturated heterocycles. The number of aryl methyl sites for hydroxylation is 1. The molecule has 2 aromatic heterocycles. The second-order valence-electron chi connectivity index (χ2n) is 4.68. The van der Waals surface area contributed by atoms with Crippen LogP contribution in [-0.2, 0) is 0 Å². The molecule has 0 aliphatic carbocycles. The van der Waals surface area contributed by atoms with E-state index in [9.17, 15) is 9.90 Å². The highest BCUT2D eigenvalue weighted by atomic mass is 32.1.